The Morgan fingerprint density at radius 2 is 2.21 bits per heavy atom. The molecule has 19 heavy (non-hydrogen) atoms. The molecule has 2 rings (SSSR count). The fourth-order valence-electron chi connectivity index (χ4n) is 2.55. The Balaban J connectivity index is 2.41. The minimum absolute atomic E-state index is 0.207. The SMILES string of the molecule is CNC(c1ccc2c(c1)oc(=O)n2C)C(C)CCN. The van der Waals surface area contributed by atoms with Crippen LogP contribution in [0.3, 0.4) is 0 Å². The summed E-state index contributed by atoms with van der Waals surface area (Å²) in [7, 11) is 3.64. The van der Waals surface area contributed by atoms with Gasteiger partial charge in [0.1, 0.15) is 0 Å². The zero-order chi connectivity index (χ0) is 14.0. The second-order valence-corrected chi connectivity index (χ2v) is 4.98. The van der Waals surface area contributed by atoms with Gasteiger partial charge in [0.05, 0.1) is 5.52 Å². The van der Waals surface area contributed by atoms with Crippen LogP contribution in [0.4, 0.5) is 0 Å². The van der Waals surface area contributed by atoms with Crippen LogP contribution in [-0.2, 0) is 7.05 Å². The summed E-state index contributed by atoms with van der Waals surface area (Å²) >= 11 is 0. The van der Waals surface area contributed by atoms with Gasteiger partial charge in [-0.05, 0) is 43.6 Å². The van der Waals surface area contributed by atoms with E-state index >= 15 is 0 Å². The molecule has 5 heteroatoms. The number of oxazole rings is 1. The fourth-order valence-corrected chi connectivity index (χ4v) is 2.55. The molecule has 1 heterocycles. The Morgan fingerprint density at radius 3 is 2.84 bits per heavy atom. The number of nitrogens with two attached hydrogens (primary N) is 1. The summed E-state index contributed by atoms with van der Waals surface area (Å²) in [6.07, 6.45) is 0.947. The second-order valence-electron chi connectivity index (χ2n) is 4.98. The minimum atomic E-state index is -0.330. The van der Waals surface area contributed by atoms with Crippen LogP contribution in [0.1, 0.15) is 24.9 Å². The molecule has 2 atom stereocenters. The lowest BCUT2D eigenvalue weighted by atomic mass is 9.92. The summed E-state index contributed by atoms with van der Waals surface area (Å²) in [5.41, 5.74) is 8.18. The molecule has 0 saturated heterocycles. The van der Waals surface area contributed by atoms with E-state index in [-0.39, 0.29) is 11.8 Å². The molecule has 3 N–H and O–H groups in total. The summed E-state index contributed by atoms with van der Waals surface area (Å²) in [5, 5.41) is 3.31. The molecule has 0 aliphatic rings. The van der Waals surface area contributed by atoms with Crippen LogP contribution in [0.5, 0.6) is 0 Å². The van der Waals surface area contributed by atoms with Crippen LogP contribution in [0.25, 0.3) is 11.1 Å². The van der Waals surface area contributed by atoms with Crippen LogP contribution >= 0.6 is 0 Å². The van der Waals surface area contributed by atoms with Crippen molar-refractivity contribution < 1.29 is 4.42 Å². The lowest BCUT2D eigenvalue weighted by molar-refractivity contribution is 0.391. The van der Waals surface area contributed by atoms with Gasteiger partial charge in [-0.3, -0.25) is 4.57 Å². The monoisotopic (exact) mass is 263 g/mol. The van der Waals surface area contributed by atoms with Crippen molar-refractivity contribution in [2.45, 2.75) is 19.4 Å². The predicted octanol–water partition coefficient (Wildman–Crippen LogP) is 1.38. The first-order chi connectivity index (χ1) is 9.08. The molecule has 5 nitrogen and oxygen atoms in total. The minimum Gasteiger partial charge on any atom is -0.408 e. The Morgan fingerprint density at radius 1 is 1.47 bits per heavy atom. The number of aromatic nitrogens is 1. The van der Waals surface area contributed by atoms with Gasteiger partial charge in [-0.15, -0.1) is 0 Å². The van der Waals surface area contributed by atoms with Crippen molar-refractivity contribution in [1.82, 2.24) is 9.88 Å². The van der Waals surface area contributed by atoms with Crippen LogP contribution in [0.2, 0.25) is 0 Å². The largest absolute Gasteiger partial charge is 0.419 e. The van der Waals surface area contributed by atoms with Gasteiger partial charge in [-0.1, -0.05) is 13.0 Å². The second kappa shape index (κ2) is 5.59. The summed E-state index contributed by atoms with van der Waals surface area (Å²) in [4.78, 5) is 11.5. The van der Waals surface area contributed by atoms with Crippen molar-refractivity contribution in [3.8, 4) is 0 Å². The highest BCUT2D eigenvalue weighted by Crippen LogP contribution is 2.26. The number of nitrogens with zero attached hydrogens (tertiary/aromatic N) is 1. The molecule has 2 aromatic rings. The Bertz CT molecular complexity index is 615. The van der Waals surface area contributed by atoms with E-state index < -0.39 is 0 Å². The van der Waals surface area contributed by atoms with Crippen LogP contribution in [0, 0.1) is 5.92 Å². The van der Waals surface area contributed by atoms with Gasteiger partial charge >= 0.3 is 5.76 Å². The topological polar surface area (TPSA) is 73.2 Å². The van der Waals surface area contributed by atoms with Gasteiger partial charge < -0.3 is 15.5 Å². The lowest BCUT2D eigenvalue weighted by Gasteiger charge is -2.23. The van der Waals surface area contributed by atoms with Crippen molar-refractivity contribution in [3.63, 3.8) is 0 Å². The first-order valence-electron chi connectivity index (χ1n) is 6.55. The van der Waals surface area contributed by atoms with Crippen molar-refractivity contribution in [2.75, 3.05) is 13.6 Å². The van der Waals surface area contributed by atoms with Crippen LogP contribution in [-0.4, -0.2) is 18.2 Å². The maximum atomic E-state index is 11.5. The first-order valence-corrected chi connectivity index (χ1v) is 6.55. The average Bonchev–Trinajstić information content (AvgIpc) is 2.66. The quantitative estimate of drug-likeness (QED) is 0.854. The van der Waals surface area contributed by atoms with Gasteiger partial charge in [-0.25, -0.2) is 4.79 Å². The molecule has 1 aromatic carbocycles. The van der Waals surface area contributed by atoms with Gasteiger partial charge in [0.2, 0.25) is 0 Å². The highest BCUT2D eigenvalue weighted by molar-refractivity contribution is 5.73. The third-order valence-electron chi connectivity index (χ3n) is 3.68. The van der Waals surface area contributed by atoms with Crippen molar-refractivity contribution in [1.29, 1.82) is 0 Å². The number of benzene rings is 1. The van der Waals surface area contributed by atoms with E-state index in [1.807, 2.05) is 25.2 Å². The van der Waals surface area contributed by atoms with Crippen LogP contribution in [0.15, 0.2) is 27.4 Å². The van der Waals surface area contributed by atoms with Crippen molar-refractivity contribution >= 4 is 11.1 Å². The molecule has 0 bridgehead atoms. The molecule has 0 spiro atoms. The third kappa shape index (κ3) is 2.57. The smallest absolute Gasteiger partial charge is 0.408 e. The average molecular weight is 263 g/mol. The fraction of sp³-hybridized carbons (Fsp3) is 0.500. The van der Waals surface area contributed by atoms with E-state index in [9.17, 15) is 4.79 Å². The summed E-state index contributed by atoms with van der Waals surface area (Å²) < 4.78 is 6.74. The Hall–Kier alpha value is -1.59. The molecular formula is C14H21N3O2. The first kappa shape index (κ1) is 13.8. The van der Waals surface area contributed by atoms with Crippen LogP contribution < -0.4 is 16.8 Å². The van der Waals surface area contributed by atoms with Gasteiger partial charge in [0, 0.05) is 13.1 Å². The molecular weight excluding hydrogens is 242 g/mol. The number of nitrogens with one attached hydrogen (secondary N) is 1. The Kier molecular flexibility index (Phi) is 4.07. The number of rotatable bonds is 5. The number of aryl methyl sites for hydroxylation is 1. The predicted molar refractivity (Wildman–Crippen MR) is 76.1 cm³/mol. The summed E-state index contributed by atoms with van der Waals surface area (Å²) in [5.74, 6) is 0.0889. The molecule has 0 fully saturated rings. The van der Waals surface area contributed by atoms with E-state index in [0.717, 1.165) is 17.5 Å². The van der Waals surface area contributed by atoms with E-state index in [1.54, 1.807) is 7.05 Å². The van der Waals surface area contributed by atoms with Gasteiger partial charge in [0.25, 0.3) is 0 Å². The van der Waals surface area contributed by atoms with E-state index in [2.05, 4.69) is 12.2 Å². The van der Waals surface area contributed by atoms with Crippen molar-refractivity contribution in [3.05, 3.63) is 34.3 Å². The normalized spacial score (nSPS) is 14.7. The van der Waals surface area contributed by atoms with E-state index in [0.29, 0.717) is 18.0 Å². The zero-order valence-corrected chi connectivity index (χ0v) is 11.6. The lowest BCUT2D eigenvalue weighted by Crippen LogP contribution is -2.25. The number of hydrogen-bond donors (Lipinski definition) is 2. The molecule has 0 aliphatic carbocycles. The molecule has 0 amide bonds. The molecule has 1 aromatic heterocycles. The molecule has 2 unspecified atom stereocenters. The Labute approximate surface area is 112 Å². The van der Waals surface area contributed by atoms with Gasteiger partial charge in [-0.2, -0.15) is 0 Å². The highest BCUT2D eigenvalue weighted by atomic mass is 16.4. The van der Waals surface area contributed by atoms with E-state index in [4.69, 9.17) is 10.2 Å². The zero-order valence-electron chi connectivity index (χ0n) is 11.6. The van der Waals surface area contributed by atoms with Crippen molar-refractivity contribution in [2.24, 2.45) is 18.7 Å². The standard InChI is InChI=1S/C14H21N3O2/c1-9(6-7-15)13(16-2)10-4-5-11-12(8-10)19-14(18)17(11)3/h4-5,8-9,13,16H,6-7,15H2,1-3H3. The molecule has 104 valence electrons. The maximum absolute atomic E-state index is 11.5. The number of hydrogen-bond acceptors (Lipinski definition) is 4. The highest BCUT2D eigenvalue weighted by Gasteiger charge is 2.18. The maximum Gasteiger partial charge on any atom is 0.419 e. The summed E-state index contributed by atoms with van der Waals surface area (Å²) in [6, 6.07) is 6.10. The molecule has 0 aliphatic heterocycles. The number of fused-ring (bicyclic) bond motifs is 1. The molecule has 0 saturated carbocycles. The van der Waals surface area contributed by atoms with E-state index in [1.165, 1.54) is 4.57 Å². The third-order valence-corrected chi connectivity index (χ3v) is 3.68. The molecule has 0 radical (unpaired) electrons. The summed E-state index contributed by atoms with van der Waals surface area (Å²) in [6.45, 7) is 2.83. The van der Waals surface area contributed by atoms with Gasteiger partial charge in [0.15, 0.2) is 5.58 Å².